The Bertz CT molecular complexity index is 1750. The summed E-state index contributed by atoms with van der Waals surface area (Å²) in [5.41, 5.74) is 6.44. The fourth-order valence-corrected chi connectivity index (χ4v) is 7.32. The van der Waals surface area contributed by atoms with Crippen LogP contribution in [0.1, 0.15) is 5.56 Å². The van der Waals surface area contributed by atoms with Crippen molar-refractivity contribution in [3.05, 3.63) is 103 Å². The zero-order chi connectivity index (χ0) is 21.8. The summed E-state index contributed by atoms with van der Waals surface area (Å²) in [6.45, 7) is 0. The molecule has 4 aromatic carbocycles. The largest absolute Gasteiger partial charge is 0.354 e. The number of aromatic amines is 1. The van der Waals surface area contributed by atoms with Crippen LogP contribution in [0.3, 0.4) is 0 Å². The van der Waals surface area contributed by atoms with Gasteiger partial charge in [-0.2, -0.15) is 0 Å². The minimum atomic E-state index is 0.968. The molecule has 1 aliphatic rings. The van der Waals surface area contributed by atoms with Gasteiger partial charge in [0.25, 0.3) is 0 Å². The number of thiophene rings is 1. The first-order chi connectivity index (χ1) is 16.4. The van der Waals surface area contributed by atoms with Crippen molar-refractivity contribution >= 4 is 65.1 Å². The first kappa shape index (κ1) is 19.2. The van der Waals surface area contributed by atoms with E-state index < -0.39 is 0 Å². The van der Waals surface area contributed by atoms with Crippen molar-refractivity contribution < 1.29 is 0 Å². The quantitative estimate of drug-likeness (QED) is 0.259. The van der Waals surface area contributed by atoms with Crippen molar-refractivity contribution in [2.45, 2.75) is 11.3 Å². The maximum Gasteiger partial charge on any atom is 0.0476 e. The Morgan fingerprint density at radius 1 is 0.727 bits per heavy atom. The van der Waals surface area contributed by atoms with Crippen LogP contribution in [0.2, 0.25) is 0 Å². The number of hydrogen-bond acceptors (Lipinski definition) is 2. The highest BCUT2D eigenvalue weighted by atomic mass is 32.2. The van der Waals surface area contributed by atoms with Crippen LogP contribution in [-0.4, -0.2) is 10.7 Å². The van der Waals surface area contributed by atoms with Gasteiger partial charge in [0, 0.05) is 52.6 Å². The molecule has 0 radical (unpaired) electrons. The Hall–Kier alpha value is -3.27. The second-order valence-electron chi connectivity index (χ2n) is 8.51. The Balaban J connectivity index is 1.49. The summed E-state index contributed by atoms with van der Waals surface area (Å²) in [7, 11) is 0. The van der Waals surface area contributed by atoms with Gasteiger partial charge in [-0.15, -0.1) is 23.1 Å². The highest BCUT2D eigenvalue weighted by Gasteiger charge is 2.16. The van der Waals surface area contributed by atoms with E-state index in [4.69, 9.17) is 0 Å². The monoisotopic (exact) mass is 459 g/mol. The van der Waals surface area contributed by atoms with Crippen LogP contribution in [0.25, 0.3) is 53.1 Å². The molecule has 3 heteroatoms. The minimum Gasteiger partial charge on any atom is -0.354 e. The first-order valence-electron chi connectivity index (χ1n) is 11.3. The van der Waals surface area contributed by atoms with Crippen LogP contribution in [0.15, 0.2) is 102 Å². The summed E-state index contributed by atoms with van der Waals surface area (Å²) in [6, 6.07) is 26.9. The number of nitrogens with one attached hydrogen (secondary N) is 1. The van der Waals surface area contributed by atoms with E-state index >= 15 is 0 Å². The van der Waals surface area contributed by atoms with Gasteiger partial charge in [-0.05, 0) is 47.4 Å². The van der Waals surface area contributed by atoms with Crippen molar-refractivity contribution in [1.29, 1.82) is 0 Å². The standard InChI is InChI=1S/C30H21NS2/c1-2-6-17-32-29-19(8-3-1)13-16-26-28(29)24-18-20(14-15-25(24)31-26)21-10-7-11-23-22-9-4-5-12-27(22)33-30(21)23/h1-7,9-16,18,31H,8,17H2/b3-1?,6-2-. The summed E-state index contributed by atoms with van der Waals surface area (Å²) in [5, 5.41) is 5.38. The van der Waals surface area contributed by atoms with Gasteiger partial charge in [0.1, 0.15) is 0 Å². The lowest BCUT2D eigenvalue weighted by Crippen LogP contribution is -1.88. The molecule has 0 fully saturated rings. The Morgan fingerprint density at radius 2 is 1.61 bits per heavy atom. The number of benzene rings is 4. The van der Waals surface area contributed by atoms with Crippen LogP contribution in [0.5, 0.6) is 0 Å². The first-order valence-corrected chi connectivity index (χ1v) is 13.1. The molecule has 0 spiro atoms. The van der Waals surface area contributed by atoms with E-state index in [9.17, 15) is 0 Å². The van der Waals surface area contributed by atoms with E-state index in [1.165, 1.54) is 63.6 Å². The number of aromatic nitrogens is 1. The van der Waals surface area contributed by atoms with Crippen molar-refractivity contribution in [1.82, 2.24) is 4.98 Å². The fraction of sp³-hybridized carbons (Fsp3) is 0.0667. The van der Waals surface area contributed by atoms with Crippen molar-refractivity contribution in [3.63, 3.8) is 0 Å². The van der Waals surface area contributed by atoms with E-state index in [2.05, 4.69) is 102 Å². The summed E-state index contributed by atoms with van der Waals surface area (Å²) >= 11 is 3.84. The zero-order valence-electron chi connectivity index (χ0n) is 18.0. The SMILES string of the molecule is C1=CCc2ccc3[nH]c4ccc(-c5cccc6c5sc5ccccc56)cc4c3c2SC/C=C\1. The highest BCUT2D eigenvalue weighted by Crippen LogP contribution is 2.42. The van der Waals surface area contributed by atoms with E-state index in [0.717, 1.165) is 12.2 Å². The van der Waals surface area contributed by atoms with Gasteiger partial charge in [0.05, 0.1) is 0 Å². The molecule has 6 aromatic rings. The van der Waals surface area contributed by atoms with E-state index in [1.54, 1.807) is 0 Å². The molecular weight excluding hydrogens is 438 g/mol. The number of fused-ring (bicyclic) bond motifs is 8. The third-order valence-corrected chi connectivity index (χ3v) is 8.89. The third-order valence-electron chi connectivity index (χ3n) is 6.56. The molecule has 7 rings (SSSR count). The van der Waals surface area contributed by atoms with Crippen molar-refractivity contribution in [2.75, 3.05) is 5.75 Å². The summed E-state index contributed by atoms with van der Waals surface area (Å²) in [5.74, 6) is 0.990. The van der Waals surface area contributed by atoms with Gasteiger partial charge >= 0.3 is 0 Å². The Kier molecular flexibility index (Phi) is 4.46. The second kappa shape index (κ2) is 7.65. The maximum atomic E-state index is 3.67. The molecule has 0 saturated carbocycles. The lowest BCUT2D eigenvalue weighted by Gasteiger charge is -2.09. The Morgan fingerprint density at radius 3 is 2.61 bits per heavy atom. The van der Waals surface area contributed by atoms with Gasteiger partial charge < -0.3 is 4.98 Å². The van der Waals surface area contributed by atoms with Gasteiger partial charge in [-0.25, -0.2) is 0 Å². The predicted molar refractivity (Wildman–Crippen MR) is 147 cm³/mol. The van der Waals surface area contributed by atoms with E-state index in [0.29, 0.717) is 0 Å². The van der Waals surface area contributed by atoms with Crippen molar-refractivity contribution in [3.8, 4) is 11.1 Å². The maximum absolute atomic E-state index is 3.67. The van der Waals surface area contributed by atoms with Crippen molar-refractivity contribution in [2.24, 2.45) is 0 Å². The lowest BCUT2D eigenvalue weighted by atomic mass is 10.00. The Labute approximate surface area is 200 Å². The molecule has 1 nitrogen and oxygen atoms in total. The molecule has 0 saturated heterocycles. The smallest absolute Gasteiger partial charge is 0.0476 e. The number of hydrogen-bond donors (Lipinski definition) is 1. The summed E-state index contributed by atoms with van der Waals surface area (Å²) in [6.07, 6.45) is 9.80. The average Bonchev–Trinajstić information content (AvgIpc) is 3.44. The lowest BCUT2D eigenvalue weighted by molar-refractivity contribution is 1.21. The van der Waals surface area contributed by atoms with E-state index in [-0.39, 0.29) is 0 Å². The van der Waals surface area contributed by atoms with Crippen LogP contribution in [0, 0.1) is 0 Å². The third kappa shape index (κ3) is 3.07. The average molecular weight is 460 g/mol. The fourth-order valence-electron chi connectivity index (χ4n) is 5.01. The highest BCUT2D eigenvalue weighted by molar-refractivity contribution is 7.99. The predicted octanol–water partition coefficient (Wildman–Crippen LogP) is 9.12. The molecule has 2 aromatic heterocycles. The number of allylic oxidation sites excluding steroid dienone is 3. The molecule has 1 aliphatic heterocycles. The van der Waals surface area contributed by atoms with Crippen LogP contribution >= 0.6 is 23.1 Å². The molecule has 0 atom stereocenters. The summed E-state index contributed by atoms with van der Waals surface area (Å²) in [4.78, 5) is 5.08. The molecule has 158 valence electrons. The summed E-state index contributed by atoms with van der Waals surface area (Å²) < 4.78 is 2.72. The van der Waals surface area contributed by atoms with Crippen LogP contribution in [0.4, 0.5) is 0 Å². The molecule has 0 amide bonds. The van der Waals surface area contributed by atoms with Crippen LogP contribution < -0.4 is 0 Å². The molecular formula is C30H21NS2. The van der Waals surface area contributed by atoms with Gasteiger partial charge in [0.2, 0.25) is 0 Å². The van der Waals surface area contributed by atoms with Gasteiger partial charge in [0.15, 0.2) is 0 Å². The molecule has 3 heterocycles. The second-order valence-corrected chi connectivity index (χ2v) is 10.6. The van der Waals surface area contributed by atoms with Gasteiger partial charge in [-0.1, -0.05) is 72.8 Å². The van der Waals surface area contributed by atoms with Crippen LogP contribution in [-0.2, 0) is 6.42 Å². The molecule has 0 unspecified atom stereocenters. The minimum absolute atomic E-state index is 0.968. The van der Waals surface area contributed by atoms with E-state index in [1.807, 2.05) is 23.1 Å². The normalized spacial score (nSPS) is 15.0. The number of H-pyrrole nitrogens is 1. The molecule has 0 bridgehead atoms. The topological polar surface area (TPSA) is 15.8 Å². The number of thioether (sulfide) groups is 1. The zero-order valence-corrected chi connectivity index (χ0v) is 19.6. The number of rotatable bonds is 1. The van der Waals surface area contributed by atoms with Gasteiger partial charge in [-0.3, -0.25) is 0 Å². The molecule has 1 N–H and O–H groups in total. The molecule has 33 heavy (non-hydrogen) atoms. The molecule has 0 aliphatic carbocycles.